The van der Waals surface area contributed by atoms with Crippen LogP contribution in [0.15, 0.2) is 24.3 Å². The lowest BCUT2D eigenvalue weighted by atomic mass is 10.0. The van der Waals surface area contributed by atoms with Crippen molar-refractivity contribution in [3.8, 4) is 0 Å². The number of hydrogen-bond acceptors (Lipinski definition) is 5. The van der Waals surface area contributed by atoms with Crippen LogP contribution in [0.25, 0.3) is 0 Å². The number of rotatable bonds is 44. The van der Waals surface area contributed by atoms with E-state index in [-0.39, 0.29) is 24.9 Å². The van der Waals surface area contributed by atoms with Gasteiger partial charge >= 0.3 is 5.97 Å². The van der Waals surface area contributed by atoms with Crippen LogP contribution in [0.5, 0.6) is 0 Å². The molecule has 0 rings (SSSR count). The van der Waals surface area contributed by atoms with E-state index in [9.17, 15) is 19.8 Å². The van der Waals surface area contributed by atoms with Crippen molar-refractivity contribution in [2.45, 2.75) is 277 Å². The van der Waals surface area contributed by atoms with Gasteiger partial charge in [-0.25, -0.2) is 0 Å². The lowest BCUT2D eigenvalue weighted by Gasteiger charge is -2.24. The molecule has 3 unspecified atom stereocenters. The van der Waals surface area contributed by atoms with Crippen molar-refractivity contribution < 1.29 is 24.5 Å². The number of carbonyl (C=O) groups excluding carboxylic acids is 2. The number of aliphatic hydroxyl groups is 2. The number of allylic oxidation sites excluding steroid dienone is 4. The molecule has 56 heavy (non-hydrogen) atoms. The fourth-order valence-corrected chi connectivity index (χ4v) is 7.46. The fraction of sp³-hybridized carbons (Fsp3) is 0.880. The number of nitrogens with one attached hydrogen (secondary N) is 1. The summed E-state index contributed by atoms with van der Waals surface area (Å²) in [5, 5.41) is 23.6. The van der Waals surface area contributed by atoms with Gasteiger partial charge in [0.2, 0.25) is 5.91 Å². The maximum absolute atomic E-state index is 13.1. The van der Waals surface area contributed by atoms with E-state index in [0.29, 0.717) is 19.3 Å². The highest BCUT2D eigenvalue weighted by Gasteiger charge is 2.24. The van der Waals surface area contributed by atoms with Gasteiger partial charge in [0.1, 0.15) is 6.10 Å². The average molecular weight is 790 g/mol. The van der Waals surface area contributed by atoms with Gasteiger partial charge in [0.25, 0.3) is 0 Å². The monoisotopic (exact) mass is 790 g/mol. The molecule has 0 aromatic heterocycles. The zero-order valence-electron chi connectivity index (χ0n) is 37.5. The Bertz CT molecular complexity index is 889. The van der Waals surface area contributed by atoms with Crippen molar-refractivity contribution in [1.29, 1.82) is 0 Å². The standard InChI is InChI=1S/C50H95NO5/c1-4-7-10-13-16-19-21-22-23-24-25-26-28-31-34-37-40-43-50(55)56-46(41-38-35-32-29-18-15-12-9-6-3)44-49(54)51-47(45-52)48(53)42-39-36-33-30-27-20-17-14-11-8-5-2/h15,18,22-23,46-48,52-53H,4-14,16-17,19-21,24-45H2,1-3H3,(H,51,54)/b18-15-,23-22+. The van der Waals surface area contributed by atoms with Crippen LogP contribution < -0.4 is 5.32 Å². The molecule has 0 aromatic carbocycles. The topological polar surface area (TPSA) is 95.9 Å². The Kier molecular flexibility index (Phi) is 43.1. The summed E-state index contributed by atoms with van der Waals surface area (Å²) in [4.78, 5) is 26.0. The maximum Gasteiger partial charge on any atom is 0.306 e. The summed E-state index contributed by atoms with van der Waals surface area (Å²) in [5.41, 5.74) is 0. The molecule has 0 aliphatic rings. The molecule has 0 fully saturated rings. The SMILES string of the molecule is CCCC/C=C\CCCCCC(CC(=O)NC(CO)C(O)CCCCCCCCCCCCC)OC(=O)CCCCCCCCC/C=C/CCCCCCCC. The van der Waals surface area contributed by atoms with Crippen LogP contribution in [0.3, 0.4) is 0 Å². The van der Waals surface area contributed by atoms with Gasteiger partial charge in [0.15, 0.2) is 0 Å². The van der Waals surface area contributed by atoms with E-state index in [1.54, 1.807) is 0 Å². The Labute approximate surface area is 348 Å². The fourth-order valence-electron chi connectivity index (χ4n) is 7.46. The molecule has 0 saturated carbocycles. The van der Waals surface area contributed by atoms with E-state index in [4.69, 9.17) is 4.74 Å². The Hall–Kier alpha value is -1.66. The molecule has 0 radical (unpaired) electrons. The molecule has 330 valence electrons. The zero-order valence-corrected chi connectivity index (χ0v) is 37.5. The molecule has 1 amide bonds. The summed E-state index contributed by atoms with van der Waals surface area (Å²) in [6, 6.07) is -0.701. The van der Waals surface area contributed by atoms with Gasteiger partial charge in [-0.2, -0.15) is 0 Å². The Morgan fingerprint density at radius 3 is 1.34 bits per heavy atom. The summed E-state index contributed by atoms with van der Waals surface area (Å²) < 4.78 is 5.90. The highest BCUT2D eigenvalue weighted by atomic mass is 16.5. The van der Waals surface area contributed by atoms with Crippen LogP contribution >= 0.6 is 0 Å². The lowest BCUT2D eigenvalue weighted by molar-refractivity contribution is -0.151. The molecule has 0 spiro atoms. The normalized spacial score (nSPS) is 13.4. The van der Waals surface area contributed by atoms with E-state index in [2.05, 4.69) is 50.4 Å². The van der Waals surface area contributed by atoms with Crippen LogP contribution in [0, 0.1) is 0 Å². The van der Waals surface area contributed by atoms with E-state index in [1.165, 1.54) is 141 Å². The number of esters is 1. The molecule has 0 heterocycles. The van der Waals surface area contributed by atoms with Gasteiger partial charge in [-0.1, -0.05) is 199 Å². The summed E-state index contributed by atoms with van der Waals surface area (Å²) >= 11 is 0. The van der Waals surface area contributed by atoms with Gasteiger partial charge in [-0.3, -0.25) is 9.59 Å². The zero-order chi connectivity index (χ0) is 41.0. The Morgan fingerprint density at radius 2 is 0.875 bits per heavy atom. The molecule has 0 aromatic rings. The van der Waals surface area contributed by atoms with Gasteiger partial charge in [-0.05, 0) is 70.6 Å². The Balaban J connectivity index is 4.46. The molecule has 0 aliphatic heterocycles. The van der Waals surface area contributed by atoms with Gasteiger partial charge in [0, 0.05) is 6.42 Å². The van der Waals surface area contributed by atoms with Crippen molar-refractivity contribution in [2.24, 2.45) is 0 Å². The third-order valence-electron chi connectivity index (χ3n) is 11.3. The second-order valence-electron chi connectivity index (χ2n) is 16.9. The predicted octanol–water partition coefficient (Wildman–Crippen LogP) is 14.3. The van der Waals surface area contributed by atoms with Crippen LogP contribution in [0.2, 0.25) is 0 Å². The summed E-state index contributed by atoms with van der Waals surface area (Å²) in [6.45, 7) is 6.43. The Morgan fingerprint density at radius 1 is 0.500 bits per heavy atom. The molecule has 0 aliphatic carbocycles. The van der Waals surface area contributed by atoms with E-state index >= 15 is 0 Å². The van der Waals surface area contributed by atoms with Crippen LogP contribution in [-0.4, -0.2) is 46.9 Å². The van der Waals surface area contributed by atoms with Gasteiger partial charge in [0.05, 0.1) is 25.2 Å². The summed E-state index contributed by atoms with van der Waals surface area (Å²) in [7, 11) is 0. The minimum absolute atomic E-state index is 0.0680. The van der Waals surface area contributed by atoms with Crippen molar-refractivity contribution in [2.75, 3.05) is 6.61 Å². The number of ether oxygens (including phenoxy) is 1. The van der Waals surface area contributed by atoms with Crippen molar-refractivity contribution >= 4 is 11.9 Å². The highest BCUT2D eigenvalue weighted by Crippen LogP contribution is 2.17. The number of unbranched alkanes of at least 4 members (excludes halogenated alkanes) is 28. The first kappa shape index (κ1) is 54.3. The van der Waals surface area contributed by atoms with E-state index in [0.717, 1.165) is 70.6 Å². The average Bonchev–Trinajstić information content (AvgIpc) is 3.19. The number of carbonyl (C=O) groups is 2. The van der Waals surface area contributed by atoms with Crippen LogP contribution in [0.4, 0.5) is 0 Å². The first-order valence-electron chi connectivity index (χ1n) is 24.6. The van der Waals surface area contributed by atoms with E-state index < -0.39 is 18.2 Å². The summed E-state index contributed by atoms with van der Waals surface area (Å²) in [5.74, 6) is -0.489. The van der Waals surface area contributed by atoms with Crippen molar-refractivity contribution in [3.05, 3.63) is 24.3 Å². The van der Waals surface area contributed by atoms with Crippen LogP contribution in [-0.2, 0) is 14.3 Å². The first-order valence-corrected chi connectivity index (χ1v) is 24.6. The minimum Gasteiger partial charge on any atom is -0.462 e. The molecular weight excluding hydrogens is 695 g/mol. The van der Waals surface area contributed by atoms with E-state index in [1.807, 2.05) is 0 Å². The van der Waals surface area contributed by atoms with Gasteiger partial charge in [-0.15, -0.1) is 0 Å². The molecule has 3 atom stereocenters. The number of amides is 1. The van der Waals surface area contributed by atoms with Crippen molar-refractivity contribution in [1.82, 2.24) is 5.32 Å². The molecule has 0 bridgehead atoms. The first-order chi connectivity index (χ1) is 27.5. The second-order valence-corrected chi connectivity index (χ2v) is 16.9. The highest BCUT2D eigenvalue weighted by molar-refractivity contribution is 5.77. The predicted molar refractivity (Wildman–Crippen MR) is 241 cm³/mol. The molecular formula is C50H95NO5. The lowest BCUT2D eigenvalue weighted by Crippen LogP contribution is -2.46. The number of aliphatic hydroxyl groups excluding tert-OH is 2. The van der Waals surface area contributed by atoms with Crippen molar-refractivity contribution in [3.63, 3.8) is 0 Å². The summed E-state index contributed by atoms with van der Waals surface area (Å²) in [6.07, 6.45) is 49.6. The number of hydrogen-bond donors (Lipinski definition) is 3. The molecule has 6 nitrogen and oxygen atoms in total. The minimum atomic E-state index is -0.787. The molecule has 0 saturated heterocycles. The molecule has 6 heteroatoms. The third kappa shape index (κ3) is 39.2. The quantitative estimate of drug-likeness (QED) is 0.0324. The van der Waals surface area contributed by atoms with Crippen LogP contribution in [0.1, 0.15) is 258 Å². The largest absolute Gasteiger partial charge is 0.462 e. The molecule has 3 N–H and O–H groups in total. The maximum atomic E-state index is 13.1. The van der Waals surface area contributed by atoms with Gasteiger partial charge < -0.3 is 20.3 Å². The smallest absolute Gasteiger partial charge is 0.306 e. The third-order valence-corrected chi connectivity index (χ3v) is 11.3. The second kappa shape index (κ2) is 44.4.